The van der Waals surface area contributed by atoms with Crippen LogP contribution >= 0.6 is 0 Å². The Bertz CT molecular complexity index is 481. The van der Waals surface area contributed by atoms with Crippen LogP contribution in [0, 0.1) is 13.8 Å². The monoisotopic (exact) mass is 256 g/mol. The molecule has 0 bridgehead atoms. The molecule has 2 aromatic carbocycles. The topological polar surface area (TPSA) is 40.5 Å². The Balaban J connectivity index is 2.47. The van der Waals surface area contributed by atoms with Crippen molar-refractivity contribution in [1.82, 2.24) is 0 Å². The summed E-state index contributed by atoms with van der Waals surface area (Å²) in [4.78, 5) is 0. The average Bonchev–Trinajstić information content (AvgIpc) is 2.40. The summed E-state index contributed by atoms with van der Waals surface area (Å²) >= 11 is 0. The van der Waals surface area contributed by atoms with Gasteiger partial charge in [0.1, 0.15) is 5.60 Å². The molecule has 2 N–H and O–H groups in total. The molecule has 0 heterocycles. The predicted octanol–water partition coefficient (Wildman–Crippen LogP) is 2.92. The zero-order valence-corrected chi connectivity index (χ0v) is 11.4. The van der Waals surface area contributed by atoms with E-state index in [-0.39, 0.29) is 6.61 Å². The lowest BCUT2D eigenvalue weighted by Gasteiger charge is -2.29. The highest BCUT2D eigenvalue weighted by Gasteiger charge is 2.30. The smallest absolute Gasteiger partial charge is 0.117 e. The van der Waals surface area contributed by atoms with Crippen molar-refractivity contribution in [3.63, 3.8) is 0 Å². The van der Waals surface area contributed by atoms with Crippen LogP contribution in [-0.2, 0) is 5.60 Å². The van der Waals surface area contributed by atoms with Gasteiger partial charge in [-0.2, -0.15) is 0 Å². The third kappa shape index (κ3) is 2.86. The van der Waals surface area contributed by atoms with E-state index in [2.05, 4.69) is 0 Å². The second-order valence-electron chi connectivity index (χ2n) is 5.07. The minimum atomic E-state index is -1.13. The maximum absolute atomic E-state index is 11.0. The Morgan fingerprint density at radius 2 is 1.16 bits per heavy atom. The Hall–Kier alpha value is -1.64. The van der Waals surface area contributed by atoms with Gasteiger partial charge >= 0.3 is 0 Å². The van der Waals surface area contributed by atoms with Gasteiger partial charge in [0, 0.05) is 13.0 Å². The number of hydrogen-bond acceptors (Lipinski definition) is 2. The van der Waals surface area contributed by atoms with Gasteiger partial charge in [-0.1, -0.05) is 59.7 Å². The van der Waals surface area contributed by atoms with E-state index in [0.717, 1.165) is 22.3 Å². The zero-order valence-electron chi connectivity index (χ0n) is 11.4. The minimum absolute atomic E-state index is 0.0573. The van der Waals surface area contributed by atoms with Crippen LogP contribution in [0.15, 0.2) is 48.5 Å². The standard InChI is InChI=1S/C17H20O2/c1-13-3-7-15(8-4-13)17(19,11-12-18)16-9-5-14(2)6-10-16/h3-10,18-19H,11-12H2,1-2H3. The molecule has 0 aromatic heterocycles. The van der Waals surface area contributed by atoms with E-state index in [1.165, 1.54) is 0 Å². The van der Waals surface area contributed by atoms with E-state index in [9.17, 15) is 10.2 Å². The number of hydrogen-bond donors (Lipinski definition) is 2. The van der Waals surface area contributed by atoms with Gasteiger partial charge in [0.15, 0.2) is 0 Å². The number of aryl methyl sites for hydroxylation is 2. The third-order valence-corrected chi connectivity index (χ3v) is 3.53. The van der Waals surface area contributed by atoms with Crippen LogP contribution in [0.5, 0.6) is 0 Å². The number of aliphatic hydroxyl groups is 2. The molecule has 0 aliphatic heterocycles. The van der Waals surface area contributed by atoms with E-state index < -0.39 is 5.60 Å². The van der Waals surface area contributed by atoms with Crippen molar-refractivity contribution in [2.45, 2.75) is 25.9 Å². The predicted molar refractivity (Wildman–Crippen MR) is 77.1 cm³/mol. The SMILES string of the molecule is Cc1ccc(C(O)(CCO)c2ccc(C)cc2)cc1. The van der Waals surface area contributed by atoms with Crippen LogP contribution in [0.3, 0.4) is 0 Å². The molecule has 0 aliphatic rings. The molecule has 0 spiro atoms. The quantitative estimate of drug-likeness (QED) is 0.883. The molecule has 2 heteroatoms. The van der Waals surface area contributed by atoms with Gasteiger partial charge in [-0.15, -0.1) is 0 Å². The minimum Gasteiger partial charge on any atom is -0.396 e. The summed E-state index contributed by atoms with van der Waals surface area (Å²) < 4.78 is 0. The molecule has 0 aliphatic carbocycles. The first-order chi connectivity index (χ1) is 9.06. The molecule has 2 rings (SSSR count). The maximum atomic E-state index is 11.0. The largest absolute Gasteiger partial charge is 0.396 e. The average molecular weight is 256 g/mol. The molecule has 2 aromatic rings. The van der Waals surface area contributed by atoms with Crippen molar-refractivity contribution < 1.29 is 10.2 Å². The summed E-state index contributed by atoms with van der Waals surface area (Å²) in [6, 6.07) is 15.6. The summed E-state index contributed by atoms with van der Waals surface area (Å²) in [6.45, 7) is 3.97. The molecular formula is C17H20O2. The fourth-order valence-corrected chi connectivity index (χ4v) is 2.28. The van der Waals surface area contributed by atoms with Gasteiger partial charge in [0.2, 0.25) is 0 Å². The van der Waals surface area contributed by atoms with E-state index in [1.807, 2.05) is 62.4 Å². The zero-order chi connectivity index (χ0) is 13.9. The van der Waals surface area contributed by atoms with Crippen molar-refractivity contribution in [2.75, 3.05) is 6.61 Å². The van der Waals surface area contributed by atoms with E-state index in [0.29, 0.717) is 6.42 Å². The van der Waals surface area contributed by atoms with Gasteiger partial charge in [-0.3, -0.25) is 0 Å². The first kappa shape index (κ1) is 13.8. The highest BCUT2D eigenvalue weighted by atomic mass is 16.3. The molecule has 100 valence electrons. The fourth-order valence-electron chi connectivity index (χ4n) is 2.28. The molecule has 0 saturated carbocycles. The van der Waals surface area contributed by atoms with Crippen LogP contribution in [0.25, 0.3) is 0 Å². The molecule has 19 heavy (non-hydrogen) atoms. The van der Waals surface area contributed by atoms with Gasteiger partial charge in [0.25, 0.3) is 0 Å². The van der Waals surface area contributed by atoms with Crippen LogP contribution < -0.4 is 0 Å². The van der Waals surface area contributed by atoms with Crippen LogP contribution in [0.1, 0.15) is 28.7 Å². The lowest BCUT2D eigenvalue weighted by atomic mass is 9.83. The molecule has 0 atom stereocenters. The Kier molecular flexibility index (Phi) is 4.03. The molecule has 0 unspecified atom stereocenters. The highest BCUT2D eigenvalue weighted by Crippen LogP contribution is 2.33. The normalized spacial score (nSPS) is 11.6. The second-order valence-corrected chi connectivity index (χ2v) is 5.07. The number of rotatable bonds is 4. The van der Waals surface area contributed by atoms with Crippen LogP contribution in [-0.4, -0.2) is 16.8 Å². The van der Waals surface area contributed by atoms with E-state index in [4.69, 9.17) is 0 Å². The highest BCUT2D eigenvalue weighted by molar-refractivity contribution is 5.38. The Morgan fingerprint density at radius 3 is 1.47 bits per heavy atom. The maximum Gasteiger partial charge on any atom is 0.117 e. The van der Waals surface area contributed by atoms with Gasteiger partial charge in [0.05, 0.1) is 0 Å². The van der Waals surface area contributed by atoms with Gasteiger partial charge in [-0.25, -0.2) is 0 Å². The Labute approximate surface area is 114 Å². The molecule has 0 radical (unpaired) electrons. The molecule has 0 amide bonds. The van der Waals surface area contributed by atoms with Crippen molar-refractivity contribution in [2.24, 2.45) is 0 Å². The summed E-state index contributed by atoms with van der Waals surface area (Å²) in [7, 11) is 0. The molecule has 0 fully saturated rings. The van der Waals surface area contributed by atoms with Gasteiger partial charge in [-0.05, 0) is 25.0 Å². The first-order valence-electron chi connectivity index (χ1n) is 6.54. The van der Waals surface area contributed by atoms with E-state index in [1.54, 1.807) is 0 Å². The van der Waals surface area contributed by atoms with Crippen molar-refractivity contribution in [3.8, 4) is 0 Å². The van der Waals surface area contributed by atoms with Crippen molar-refractivity contribution >= 4 is 0 Å². The summed E-state index contributed by atoms with van der Waals surface area (Å²) in [5, 5.41) is 20.2. The van der Waals surface area contributed by atoms with Crippen molar-refractivity contribution in [3.05, 3.63) is 70.8 Å². The first-order valence-corrected chi connectivity index (χ1v) is 6.54. The lowest BCUT2D eigenvalue weighted by Crippen LogP contribution is -2.28. The number of benzene rings is 2. The van der Waals surface area contributed by atoms with Gasteiger partial charge < -0.3 is 10.2 Å². The van der Waals surface area contributed by atoms with Crippen LogP contribution in [0.4, 0.5) is 0 Å². The lowest BCUT2D eigenvalue weighted by molar-refractivity contribution is 0.0509. The molecular weight excluding hydrogens is 236 g/mol. The fraction of sp³-hybridized carbons (Fsp3) is 0.294. The molecule has 0 saturated heterocycles. The molecule has 2 nitrogen and oxygen atoms in total. The summed E-state index contributed by atoms with van der Waals surface area (Å²) in [5.74, 6) is 0. The third-order valence-electron chi connectivity index (χ3n) is 3.53. The summed E-state index contributed by atoms with van der Waals surface area (Å²) in [6.07, 6.45) is 0.291. The Morgan fingerprint density at radius 1 is 0.789 bits per heavy atom. The number of aliphatic hydroxyl groups excluding tert-OH is 1. The van der Waals surface area contributed by atoms with Crippen molar-refractivity contribution in [1.29, 1.82) is 0 Å². The van der Waals surface area contributed by atoms with E-state index >= 15 is 0 Å². The second kappa shape index (κ2) is 5.55. The summed E-state index contributed by atoms with van der Waals surface area (Å²) in [5.41, 5.74) is 2.81. The van der Waals surface area contributed by atoms with Crippen LogP contribution in [0.2, 0.25) is 0 Å².